The number of nitrogens with one attached hydrogen (secondary N) is 1. The topological polar surface area (TPSA) is 120 Å². The van der Waals surface area contributed by atoms with Gasteiger partial charge >= 0.3 is 11.9 Å². The van der Waals surface area contributed by atoms with Gasteiger partial charge in [0.05, 0.1) is 22.1 Å². The fourth-order valence-electron chi connectivity index (χ4n) is 6.17. The highest BCUT2D eigenvalue weighted by atomic mass is 16.6. The third-order valence-electron chi connectivity index (χ3n) is 7.92. The summed E-state index contributed by atoms with van der Waals surface area (Å²) in [5.74, 6) is -1.32. The molecule has 1 aromatic heterocycles. The maximum atomic E-state index is 14.0. The summed E-state index contributed by atoms with van der Waals surface area (Å²) >= 11 is 0. The molecule has 4 atom stereocenters. The minimum Gasteiger partial charge on any atom is -0.454 e. The van der Waals surface area contributed by atoms with Crippen molar-refractivity contribution in [3.63, 3.8) is 0 Å². The van der Waals surface area contributed by atoms with Crippen LogP contribution in [0.1, 0.15) is 64.6 Å². The molecule has 1 amide bonds. The number of carbonyl (C=O) groups is 3. The van der Waals surface area contributed by atoms with Crippen LogP contribution in [0.5, 0.6) is 0 Å². The van der Waals surface area contributed by atoms with Gasteiger partial charge in [-0.05, 0) is 38.0 Å². The van der Waals surface area contributed by atoms with Gasteiger partial charge in [-0.25, -0.2) is 9.78 Å². The van der Waals surface area contributed by atoms with E-state index in [2.05, 4.69) is 5.32 Å². The summed E-state index contributed by atoms with van der Waals surface area (Å²) in [5, 5.41) is 3.70. The molecule has 0 bridgehead atoms. The predicted octanol–water partition coefficient (Wildman–Crippen LogP) is 3.09. The molecular weight excluding hydrogens is 500 g/mol. The van der Waals surface area contributed by atoms with Crippen LogP contribution < -0.4 is 15.8 Å². The van der Waals surface area contributed by atoms with Crippen molar-refractivity contribution >= 4 is 34.4 Å². The maximum Gasteiger partial charge on any atom is 0.330 e. The monoisotopic (exact) mass is 530 g/mol. The van der Waals surface area contributed by atoms with Crippen LogP contribution in [-0.4, -0.2) is 39.1 Å². The zero-order valence-corrected chi connectivity index (χ0v) is 22.4. The summed E-state index contributed by atoms with van der Waals surface area (Å²) in [7, 11) is 0. The second kappa shape index (κ2) is 8.47. The van der Waals surface area contributed by atoms with Crippen molar-refractivity contribution in [3.8, 4) is 0 Å². The second-order valence-corrected chi connectivity index (χ2v) is 11.3. The molecule has 4 heterocycles. The Kier molecular flexibility index (Phi) is 5.48. The smallest absolute Gasteiger partial charge is 0.330 e. The normalized spacial score (nSPS) is 25.7. The fourth-order valence-corrected chi connectivity index (χ4v) is 6.17. The molecule has 3 aliphatic rings. The van der Waals surface area contributed by atoms with Crippen LogP contribution >= 0.6 is 0 Å². The molecular formula is C29H30N4O6. The Morgan fingerprint density at radius 3 is 2.51 bits per heavy atom. The highest BCUT2D eigenvalue weighted by Gasteiger charge is 2.66. The van der Waals surface area contributed by atoms with E-state index in [1.807, 2.05) is 38.1 Å². The Morgan fingerprint density at radius 2 is 1.79 bits per heavy atom. The van der Waals surface area contributed by atoms with Crippen LogP contribution in [0, 0.1) is 5.92 Å². The van der Waals surface area contributed by atoms with Gasteiger partial charge in [0.2, 0.25) is 5.91 Å². The Morgan fingerprint density at radius 1 is 1.10 bits per heavy atom. The Balaban J connectivity index is 1.55. The molecule has 3 aromatic rings. The quantitative estimate of drug-likeness (QED) is 0.511. The molecule has 2 fully saturated rings. The number of rotatable bonds is 4. The van der Waals surface area contributed by atoms with Crippen LogP contribution in [0.2, 0.25) is 0 Å². The lowest BCUT2D eigenvalue weighted by atomic mass is 9.88. The number of para-hydroxylation sites is 2. The lowest BCUT2D eigenvalue weighted by molar-refractivity contribution is -0.152. The van der Waals surface area contributed by atoms with Gasteiger partial charge in [-0.2, -0.15) is 0 Å². The van der Waals surface area contributed by atoms with Gasteiger partial charge in [0.1, 0.15) is 12.2 Å². The first-order valence-corrected chi connectivity index (χ1v) is 13.1. The number of ether oxygens (including phenoxy) is 2. The fraction of sp³-hybridized carbons (Fsp3) is 0.414. The molecule has 2 aromatic carbocycles. The standard InChI is InChI=1S/C29H30N4O6/c1-15(2)22(38-16(3)34)23-30-19-12-8-6-10-17(19)24(35)32(23)21-14-29(39-25(21)36)18-11-7-9-13-20(18)33-26(29)31-28(4,5)27(33)37/h6-13,15,21-22,26,31H,14H2,1-5H3/t21?,22-,26+,29-/m0/s1. The van der Waals surface area contributed by atoms with Crippen molar-refractivity contribution in [2.45, 2.75) is 70.5 Å². The second-order valence-electron chi connectivity index (χ2n) is 11.3. The molecule has 1 unspecified atom stereocenters. The minimum absolute atomic E-state index is 0.0815. The van der Waals surface area contributed by atoms with Crippen molar-refractivity contribution in [2.24, 2.45) is 5.92 Å². The summed E-state index contributed by atoms with van der Waals surface area (Å²) in [6.45, 7) is 8.59. The first-order chi connectivity index (χ1) is 18.5. The van der Waals surface area contributed by atoms with Crippen molar-refractivity contribution in [3.05, 3.63) is 70.3 Å². The van der Waals surface area contributed by atoms with Gasteiger partial charge in [0, 0.05) is 18.9 Å². The molecule has 1 N–H and O–H groups in total. The molecule has 10 heteroatoms. The largest absolute Gasteiger partial charge is 0.454 e. The van der Waals surface area contributed by atoms with E-state index in [4.69, 9.17) is 14.5 Å². The number of carbonyl (C=O) groups excluding carboxylic acids is 3. The van der Waals surface area contributed by atoms with E-state index >= 15 is 0 Å². The van der Waals surface area contributed by atoms with Crippen LogP contribution in [0.4, 0.5) is 5.69 Å². The van der Waals surface area contributed by atoms with Gasteiger partial charge in [0.15, 0.2) is 17.5 Å². The number of anilines is 1. The van der Waals surface area contributed by atoms with E-state index in [1.54, 1.807) is 43.0 Å². The van der Waals surface area contributed by atoms with Crippen LogP contribution in [0.3, 0.4) is 0 Å². The number of fused-ring (bicyclic) bond motifs is 6. The summed E-state index contributed by atoms with van der Waals surface area (Å²) in [6, 6.07) is 13.2. The van der Waals surface area contributed by atoms with E-state index < -0.39 is 46.9 Å². The first kappa shape index (κ1) is 25.2. The van der Waals surface area contributed by atoms with Crippen molar-refractivity contribution < 1.29 is 23.9 Å². The number of amides is 1. The SMILES string of the molecule is CC(=O)O[C@H](c1nc2ccccc2c(=O)n1C1C[C@]2(OC1=O)c1ccccc1N1C(=O)C(C)(C)N[C@H]12)C(C)C. The third kappa shape index (κ3) is 3.54. The molecule has 0 radical (unpaired) electrons. The number of hydrogen-bond acceptors (Lipinski definition) is 8. The molecule has 3 aliphatic heterocycles. The Bertz CT molecular complexity index is 1610. The van der Waals surface area contributed by atoms with Gasteiger partial charge < -0.3 is 9.47 Å². The van der Waals surface area contributed by atoms with E-state index in [1.165, 1.54) is 11.5 Å². The molecule has 202 valence electrons. The van der Waals surface area contributed by atoms with Crippen LogP contribution in [-0.2, 0) is 29.5 Å². The third-order valence-corrected chi connectivity index (χ3v) is 7.92. The highest BCUT2D eigenvalue weighted by molar-refractivity contribution is 6.05. The number of benzene rings is 2. The number of nitrogens with zero attached hydrogens (tertiary/aromatic N) is 3. The first-order valence-electron chi connectivity index (χ1n) is 13.1. The zero-order valence-electron chi connectivity index (χ0n) is 22.4. The van der Waals surface area contributed by atoms with E-state index in [0.29, 0.717) is 22.2 Å². The zero-order chi connectivity index (χ0) is 27.9. The molecule has 1 spiro atoms. The number of hydrogen-bond donors (Lipinski definition) is 1. The number of esters is 2. The number of aromatic nitrogens is 2. The van der Waals surface area contributed by atoms with Gasteiger partial charge in [0.25, 0.3) is 5.56 Å². The lowest BCUT2D eigenvalue weighted by Gasteiger charge is -2.31. The summed E-state index contributed by atoms with van der Waals surface area (Å²) in [5.41, 5.74) is -0.714. The van der Waals surface area contributed by atoms with E-state index in [-0.39, 0.29) is 24.1 Å². The predicted molar refractivity (Wildman–Crippen MR) is 142 cm³/mol. The van der Waals surface area contributed by atoms with Crippen LogP contribution in [0.25, 0.3) is 10.9 Å². The average Bonchev–Trinajstić information content (AvgIpc) is 3.45. The van der Waals surface area contributed by atoms with Crippen molar-refractivity contribution in [2.75, 3.05) is 4.90 Å². The van der Waals surface area contributed by atoms with Crippen LogP contribution in [0.15, 0.2) is 53.3 Å². The molecule has 0 saturated carbocycles. The van der Waals surface area contributed by atoms with Gasteiger partial charge in [-0.15, -0.1) is 0 Å². The highest BCUT2D eigenvalue weighted by Crippen LogP contribution is 2.56. The molecule has 10 nitrogen and oxygen atoms in total. The van der Waals surface area contributed by atoms with Crippen molar-refractivity contribution in [1.29, 1.82) is 0 Å². The van der Waals surface area contributed by atoms with Crippen molar-refractivity contribution in [1.82, 2.24) is 14.9 Å². The summed E-state index contributed by atoms with van der Waals surface area (Å²) in [6.07, 6.45) is -1.44. The maximum absolute atomic E-state index is 14.0. The van der Waals surface area contributed by atoms with Gasteiger partial charge in [-0.1, -0.05) is 44.2 Å². The molecule has 0 aliphatic carbocycles. The van der Waals surface area contributed by atoms with Gasteiger partial charge in [-0.3, -0.25) is 29.2 Å². The van der Waals surface area contributed by atoms with E-state index in [9.17, 15) is 19.2 Å². The van der Waals surface area contributed by atoms with E-state index in [0.717, 1.165) is 0 Å². The Labute approximate surface area is 224 Å². The summed E-state index contributed by atoms with van der Waals surface area (Å²) < 4.78 is 13.2. The Hall–Kier alpha value is -4.05. The molecule has 39 heavy (non-hydrogen) atoms. The summed E-state index contributed by atoms with van der Waals surface area (Å²) in [4.78, 5) is 59.6. The lowest BCUT2D eigenvalue weighted by Crippen LogP contribution is -2.51. The minimum atomic E-state index is -1.22. The molecule has 6 rings (SSSR count). The average molecular weight is 531 g/mol. The molecule has 2 saturated heterocycles.